The Hall–Kier alpha value is -2.98. The molecule has 0 atom stereocenters. The van der Waals surface area contributed by atoms with Crippen molar-refractivity contribution in [2.24, 2.45) is 0 Å². The van der Waals surface area contributed by atoms with Crippen molar-refractivity contribution >= 4 is 21.8 Å². The zero-order chi connectivity index (χ0) is 21.3. The number of carbonyl (C=O) groups excluding carboxylic acids is 2. The van der Waals surface area contributed by atoms with Crippen LogP contribution in [-0.4, -0.2) is 33.9 Å². The van der Waals surface area contributed by atoms with E-state index in [1.165, 1.54) is 0 Å². The van der Waals surface area contributed by atoms with Crippen molar-refractivity contribution in [2.45, 2.75) is 24.2 Å². The number of methoxy groups -OCH3 is 1. The molecule has 8 nitrogen and oxygen atoms in total. The number of halogens is 1. The Morgan fingerprint density at radius 3 is 2.21 bits per heavy atom. The van der Waals surface area contributed by atoms with Crippen molar-refractivity contribution in [3.8, 4) is 5.75 Å². The van der Waals surface area contributed by atoms with Gasteiger partial charge in [-0.1, -0.05) is 12.1 Å². The second-order valence-corrected chi connectivity index (χ2v) is 7.84. The van der Waals surface area contributed by atoms with Gasteiger partial charge in [0.1, 0.15) is 11.6 Å². The van der Waals surface area contributed by atoms with Gasteiger partial charge in [0, 0.05) is 13.0 Å². The summed E-state index contributed by atoms with van der Waals surface area (Å²) in [6.45, 7) is 0.0208. The molecule has 29 heavy (non-hydrogen) atoms. The molecule has 0 bridgehead atoms. The van der Waals surface area contributed by atoms with E-state index < -0.39 is 21.7 Å². The van der Waals surface area contributed by atoms with Crippen LogP contribution in [0.25, 0.3) is 0 Å². The number of hydrogen-bond acceptors (Lipinski definition) is 5. The Labute approximate surface area is 168 Å². The van der Waals surface area contributed by atoms with Crippen LogP contribution in [0, 0.1) is 5.82 Å². The second-order valence-electron chi connectivity index (χ2n) is 6.08. The molecular weight excluding hydrogens is 401 g/mol. The van der Waals surface area contributed by atoms with E-state index >= 15 is 0 Å². The number of benzene rings is 2. The van der Waals surface area contributed by atoms with Gasteiger partial charge in [0.25, 0.3) is 0 Å². The van der Waals surface area contributed by atoms with E-state index in [2.05, 4.69) is 15.6 Å². The van der Waals surface area contributed by atoms with E-state index in [0.717, 1.165) is 29.8 Å². The fraction of sp³-hybridized carbons (Fsp3) is 0.263. The molecule has 0 aliphatic heterocycles. The zero-order valence-electron chi connectivity index (χ0n) is 15.8. The molecule has 0 aromatic heterocycles. The predicted octanol–water partition coefficient (Wildman–Crippen LogP) is 1.28. The Balaban J connectivity index is 1.66. The van der Waals surface area contributed by atoms with Crippen LogP contribution < -0.4 is 20.3 Å². The molecule has 2 rings (SSSR count). The minimum atomic E-state index is -3.77. The van der Waals surface area contributed by atoms with Crippen molar-refractivity contribution in [2.75, 3.05) is 13.7 Å². The molecule has 156 valence electrons. The molecule has 0 radical (unpaired) electrons. The Kier molecular flexibility index (Phi) is 8.10. The SMILES string of the molecule is COc1ccc(CC(=O)NNC(=O)CCCNS(=O)(=O)c2ccc(F)cc2)cc1. The molecule has 10 heteroatoms. The lowest BCUT2D eigenvalue weighted by Crippen LogP contribution is -2.42. The third-order valence-corrected chi connectivity index (χ3v) is 5.34. The predicted molar refractivity (Wildman–Crippen MR) is 104 cm³/mol. The van der Waals surface area contributed by atoms with Crippen LogP contribution in [-0.2, 0) is 26.0 Å². The van der Waals surface area contributed by atoms with Crippen molar-refractivity contribution in [3.05, 3.63) is 59.9 Å². The number of amides is 2. The molecule has 0 saturated heterocycles. The van der Waals surface area contributed by atoms with Gasteiger partial charge in [-0.3, -0.25) is 20.4 Å². The van der Waals surface area contributed by atoms with Crippen LogP contribution in [0.3, 0.4) is 0 Å². The second kappa shape index (κ2) is 10.5. The number of hydrogen-bond donors (Lipinski definition) is 3. The molecule has 2 aromatic carbocycles. The van der Waals surface area contributed by atoms with Crippen LogP contribution >= 0.6 is 0 Å². The third kappa shape index (κ3) is 7.51. The fourth-order valence-corrected chi connectivity index (χ4v) is 3.40. The van der Waals surface area contributed by atoms with Gasteiger partial charge in [0.15, 0.2) is 0 Å². The van der Waals surface area contributed by atoms with Gasteiger partial charge < -0.3 is 4.74 Å². The third-order valence-electron chi connectivity index (χ3n) is 3.86. The van der Waals surface area contributed by atoms with E-state index in [1.807, 2.05) is 0 Å². The number of sulfonamides is 1. The average molecular weight is 423 g/mol. The van der Waals surface area contributed by atoms with Crippen LogP contribution in [0.4, 0.5) is 4.39 Å². The maximum Gasteiger partial charge on any atom is 0.242 e. The van der Waals surface area contributed by atoms with Crippen molar-refractivity contribution in [1.82, 2.24) is 15.6 Å². The summed E-state index contributed by atoms with van der Waals surface area (Å²) in [6.07, 6.45) is 0.317. The van der Waals surface area contributed by atoms with Gasteiger partial charge in [-0.15, -0.1) is 0 Å². The monoisotopic (exact) mass is 423 g/mol. The molecule has 0 fully saturated rings. The molecule has 0 heterocycles. The molecular formula is C19H22FN3O5S. The van der Waals surface area contributed by atoms with Crippen molar-refractivity contribution < 1.29 is 27.1 Å². The first-order chi connectivity index (χ1) is 13.8. The summed E-state index contributed by atoms with van der Waals surface area (Å²) in [7, 11) is -2.22. The smallest absolute Gasteiger partial charge is 0.242 e. The Morgan fingerprint density at radius 2 is 1.59 bits per heavy atom. The van der Waals surface area contributed by atoms with Gasteiger partial charge in [-0.2, -0.15) is 0 Å². The highest BCUT2D eigenvalue weighted by molar-refractivity contribution is 7.89. The van der Waals surface area contributed by atoms with Gasteiger partial charge in [-0.05, 0) is 48.4 Å². The summed E-state index contributed by atoms with van der Waals surface area (Å²) in [5.41, 5.74) is 5.34. The first-order valence-electron chi connectivity index (χ1n) is 8.76. The molecule has 3 N–H and O–H groups in total. The van der Waals surface area contributed by atoms with Crippen LogP contribution in [0.1, 0.15) is 18.4 Å². The highest BCUT2D eigenvalue weighted by atomic mass is 32.2. The summed E-state index contributed by atoms with van der Waals surface area (Å²) in [6, 6.07) is 11.4. The van der Waals surface area contributed by atoms with Gasteiger partial charge >= 0.3 is 0 Å². The zero-order valence-corrected chi connectivity index (χ0v) is 16.6. The van der Waals surface area contributed by atoms with Crippen LogP contribution in [0.2, 0.25) is 0 Å². The minimum absolute atomic E-state index is 0.00868. The normalized spacial score (nSPS) is 11.0. The molecule has 2 aromatic rings. The quantitative estimate of drug-likeness (QED) is 0.415. The van der Waals surface area contributed by atoms with E-state index in [9.17, 15) is 22.4 Å². The van der Waals surface area contributed by atoms with Crippen LogP contribution in [0.15, 0.2) is 53.4 Å². The lowest BCUT2D eigenvalue weighted by molar-refractivity contribution is -0.128. The van der Waals surface area contributed by atoms with Gasteiger partial charge in [0.05, 0.1) is 18.4 Å². The molecule has 0 saturated carbocycles. The minimum Gasteiger partial charge on any atom is -0.497 e. The topological polar surface area (TPSA) is 114 Å². The summed E-state index contributed by atoms with van der Waals surface area (Å²) >= 11 is 0. The van der Waals surface area contributed by atoms with E-state index in [0.29, 0.717) is 5.75 Å². The standard InChI is InChI=1S/C19H22FN3O5S/c1-28-16-8-4-14(5-9-16)13-19(25)23-22-18(24)3-2-12-21-29(26,27)17-10-6-15(20)7-11-17/h4-11,21H,2-3,12-13H2,1H3,(H,22,24)(H,23,25). The Morgan fingerprint density at radius 1 is 0.966 bits per heavy atom. The maximum atomic E-state index is 12.9. The summed E-state index contributed by atoms with van der Waals surface area (Å²) in [5.74, 6) is -0.693. The summed E-state index contributed by atoms with van der Waals surface area (Å²) < 4.78 is 44.3. The first-order valence-corrected chi connectivity index (χ1v) is 10.2. The number of carbonyl (C=O) groups is 2. The summed E-state index contributed by atoms with van der Waals surface area (Å²) in [4.78, 5) is 23.5. The largest absolute Gasteiger partial charge is 0.497 e. The maximum absolute atomic E-state index is 12.9. The van der Waals surface area contributed by atoms with Crippen LogP contribution in [0.5, 0.6) is 5.75 Å². The number of ether oxygens (including phenoxy) is 1. The number of rotatable bonds is 9. The first kappa shape index (κ1) is 22.3. The van der Waals surface area contributed by atoms with E-state index in [1.54, 1.807) is 31.4 Å². The van der Waals surface area contributed by atoms with Gasteiger partial charge in [0.2, 0.25) is 21.8 Å². The highest BCUT2D eigenvalue weighted by Gasteiger charge is 2.13. The molecule has 0 spiro atoms. The Bertz CT molecular complexity index is 931. The molecule has 0 unspecified atom stereocenters. The molecule has 0 aliphatic rings. The van der Waals surface area contributed by atoms with Crippen molar-refractivity contribution in [3.63, 3.8) is 0 Å². The number of hydrazine groups is 1. The van der Waals surface area contributed by atoms with E-state index in [4.69, 9.17) is 4.74 Å². The lowest BCUT2D eigenvalue weighted by Gasteiger charge is -2.09. The molecule has 2 amide bonds. The summed E-state index contributed by atoms with van der Waals surface area (Å²) in [5, 5.41) is 0. The molecule has 0 aliphatic carbocycles. The number of nitrogens with one attached hydrogen (secondary N) is 3. The fourth-order valence-electron chi connectivity index (χ4n) is 2.33. The van der Waals surface area contributed by atoms with E-state index in [-0.39, 0.29) is 36.6 Å². The highest BCUT2D eigenvalue weighted by Crippen LogP contribution is 2.11. The van der Waals surface area contributed by atoms with Gasteiger partial charge in [-0.25, -0.2) is 17.5 Å². The average Bonchev–Trinajstić information content (AvgIpc) is 2.70. The lowest BCUT2D eigenvalue weighted by atomic mass is 10.1. The van der Waals surface area contributed by atoms with Crippen molar-refractivity contribution in [1.29, 1.82) is 0 Å².